The van der Waals surface area contributed by atoms with Crippen LogP contribution in [0.1, 0.15) is 6.92 Å². The highest BCUT2D eigenvalue weighted by Crippen LogP contribution is 2.23. The van der Waals surface area contributed by atoms with Crippen molar-refractivity contribution in [2.45, 2.75) is 13.0 Å². The van der Waals surface area contributed by atoms with Gasteiger partial charge in [-0.3, -0.25) is 0 Å². The van der Waals surface area contributed by atoms with Gasteiger partial charge < -0.3 is 14.8 Å². The Balaban J connectivity index is 2.85. The molecular weight excluding hydrogens is 298 g/mol. The maximum atomic E-state index is 11.8. The fourth-order valence-electron chi connectivity index (χ4n) is 1.67. The molecule has 0 aliphatic heterocycles. The topological polar surface area (TPSA) is 47.6 Å². The fourth-order valence-corrected chi connectivity index (χ4v) is 2.06. The molecule has 18 heavy (non-hydrogen) atoms. The first kappa shape index (κ1) is 15.0. The molecule has 1 N–H and O–H groups in total. The number of esters is 1. The Morgan fingerprint density at radius 3 is 2.61 bits per heavy atom. The van der Waals surface area contributed by atoms with E-state index >= 15 is 0 Å². The molecule has 1 aromatic carbocycles. The molecule has 1 rings (SSSR count). The molecule has 0 spiro atoms. The van der Waals surface area contributed by atoms with Crippen LogP contribution in [0.4, 0.5) is 5.69 Å². The second-order valence-corrected chi connectivity index (χ2v) is 4.91. The Labute approximate surface area is 116 Å². The van der Waals surface area contributed by atoms with Gasteiger partial charge in [-0.2, -0.15) is 0 Å². The molecule has 100 valence electrons. The number of carbonyl (C=O) groups is 1. The second kappa shape index (κ2) is 7.38. The zero-order chi connectivity index (χ0) is 13.5. The predicted octanol–water partition coefficient (Wildman–Crippen LogP) is 2.69. The molecule has 0 bridgehead atoms. The van der Waals surface area contributed by atoms with E-state index in [1.165, 1.54) is 7.11 Å². The summed E-state index contributed by atoms with van der Waals surface area (Å²) in [5.41, 5.74) is 0.857. The van der Waals surface area contributed by atoms with Gasteiger partial charge in [-0.05, 0) is 28.1 Å². The molecular formula is C13H18BrNO3. The number of benzene rings is 1. The van der Waals surface area contributed by atoms with Crippen LogP contribution < -0.4 is 5.32 Å². The van der Waals surface area contributed by atoms with Gasteiger partial charge in [0.05, 0.1) is 13.7 Å². The summed E-state index contributed by atoms with van der Waals surface area (Å²) >= 11 is 3.44. The molecule has 0 aliphatic carbocycles. The van der Waals surface area contributed by atoms with E-state index in [1.807, 2.05) is 31.2 Å². The van der Waals surface area contributed by atoms with Crippen molar-refractivity contribution in [3.63, 3.8) is 0 Å². The molecule has 2 unspecified atom stereocenters. The van der Waals surface area contributed by atoms with Crippen molar-refractivity contribution in [1.82, 2.24) is 0 Å². The van der Waals surface area contributed by atoms with Crippen LogP contribution in [0.15, 0.2) is 28.7 Å². The zero-order valence-electron chi connectivity index (χ0n) is 10.8. The van der Waals surface area contributed by atoms with Crippen LogP contribution in [0, 0.1) is 5.92 Å². The quantitative estimate of drug-likeness (QED) is 0.820. The minimum atomic E-state index is -0.436. The van der Waals surface area contributed by atoms with Gasteiger partial charge in [-0.15, -0.1) is 0 Å². The van der Waals surface area contributed by atoms with E-state index in [0.29, 0.717) is 6.61 Å². The molecule has 1 aromatic rings. The lowest BCUT2D eigenvalue weighted by atomic mass is 10.0. The summed E-state index contributed by atoms with van der Waals surface area (Å²) in [4.78, 5) is 11.8. The molecule has 0 aromatic heterocycles. The number of hydrogen-bond acceptors (Lipinski definition) is 4. The molecule has 0 saturated carbocycles. The van der Waals surface area contributed by atoms with E-state index in [-0.39, 0.29) is 11.9 Å². The number of methoxy groups -OCH3 is 2. The average Bonchev–Trinajstić information content (AvgIpc) is 2.37. The van der Waals surface area contributed by atoms with Crippen molar-refractivity contribution in [3.8, 4) is 0 Å². The molecule has 0 saturated heterocycles. The summed E-state index contributed by atoms with van der Waals surface area (Å²) in [6.45, 7) is 2.42. The Bertz CT molecular complexity index is 398. The van der Waals surface area contributed by atoms with Crippen molar-refractivity contribution < 1.29 is 14.3 Å². The number of hydrogen-bond donors (Lipinski definition) is 1. The molecule has 2 atom stereocenters. The van der Waals surface area contributed by atoms with Crippen LogP contribution in [-0.4, -0.2) is 32.8 Å². The van der Waals surface area contributed by atoms with E-state index in [9.17, 15) is 4.79 Å². The lowest BCUT2D eigenvalue weighted by Gasteiger charge is -2.23. The van der Waals surface area contributed by atoms with E-state index in [1.54, 1.807) is 7.11 Å². The lowest BCUT2D eigenvalue weighted by molar-refractivity contribution is -0.143. The highest BCUT2D eigenvalue weighted by molar-refractivity contribution is 9.10. The van der Waals surface area contributed by atoms with Crippen LogP contribution in [0.25, 0.3) is 0 Å². The van der Waals surface area contributed by atoms with Crippen LogP contribution in [0.5, 0.6) is 0 Å². The molecule has 0 aliphatic rings. The largest absolute Gasteiger partial charge is 0.467 e. The summed E-state index contributed by atoms with van der Waals surface area (Å²) in [6.07, 6.45) is 0. The van der Waals surface area contributed by atoms with E-state index in [2.05, 4.69) is 21.2 Å². The van der Waals surface area contributed by atoms with Crippen molar-refractivity contribution >= 4 is 27.6 Å². The van der Waals surface area contributed by atoms with Crippen molar-refractivity contribution in [1.29, 1.82) is 0 Å². The van der Waals surface area contributed by atoms with Gasteiger partial charge in [-0.25, -0.2) is 4.79 Å². The zero-order valence-corrected chi connectivity index (χ0v) is 12.4. The fraction of sp³-hybridized carbons (Fsp3) is 0.462. The molecule has 0 heterocycles. The third kappa shape index (κ3) is 3.99. The maximum Gasteiger partial charge on any atom is 0.328 e. The molecule has 0 fully saturated rings. The number of rotatable bonds is 6. The normalized spacial score (nSPS) is 13.8. The maximum absolute atomic E-state index is 11.8. The Morgan fingerprint density at radius 1 is 1.39 bits per heavy atom. The molecule has 4 nitrogen and oxygen atoms in total. The molecule has 0 amide bonds. The highest BCUT2D eigenvalue weighted by Gasteiger charge is 2.26. The predicted molar refractivity (Wildman–Crippen MR) is 74.6 cm³/mol. The van der Waals surface area contributed by atoms with Gasteiger partial charge in [0.2, 0.25) is 0 Å². The molecule has 0 radical (unpaired) electrons. The van der Waals surface area contributed by atoms with Gasteiger partial charge >= 0.3 is 5.97 Å². The second-order valence-electron chi connectivity index (χ2n) is 4.06. The summed E-state index contributed by atoms with van der Waals surface area (Å²) < 4.78 is 10.8. The number of para-hydroxylation sites is 1. The number of nitrogens with one attached hydrogen (secondary N) is 1. The third-order valence-electron chi connectivity index (χ3n) is 2.64. The van der Waals surface area contributed by atoms with Crippen LogP contribution in [0.2, 0.25) is 0 Å². The van der Waals surface area contributed by atoms with Gasteiger partial charge in [-0.1, -0.05) is 19.1 Å². The first-order valence-electron chi connectivity index (χ1n) is 5.68. The van der Waals surface area contributed by atoms with Gasteiger partial charge in [0.1, 0.15) is 6.04 Å². The standard InChI is InChI=1S/C13H18BrNO3/c1-9(8-17-2)12(13(16)18-3)15-11-7-5-4-6-10(11)14/h4-7,9,12,15H,8H2,1-3H3. The first-order valence-corrected chi connectivity index (χ1v) is 6.47. The summed E-state index contributed by atoms with van der Waals surface area (Å²) in [5, 5.41) is 3.18. The number of carbonyl (C=O) groups excluding carboxylic acids is 1. The van der Waals surface area contributed by atoms with E-state index in [0.717, 1.165) is 10.2 Å². The van der Waals surface area contributed by atoms with Crippen LogP contribution in [0.3, 0.4) is 0 Å². The summed E-state index contributed by atoms with van der Waals surface area (Å²) in [7, 11) is 3.00. The summed E-state index contributed by atoms with van der Waals surface area (Å²) in [5.74, 6) is -0.287. The average molecular weight is 316 g/mol. The monoisotopic (exact) mass is 315 g/mol. The smallest absolute Gasteiger partial charge is 0.328 e. The van der Waals surface area contributed by atoms with Gasteiger partial charge in [0.15, 0.2) is 0 Å². The Morgan fingerprint density at radius 2 is 2.06 bits per heavy atom. The van der Waals surface area contributed by atoms with Gasteiger partial charge in [0.25, 0.3) is 0 Å². The summed E-state index contributed by atoms with van der Waals surface area (Å²) in [6, 6.07) is 7.20. The van der Waals surface area contributed by atoms with Crippen LogP contribution in [-0.2, 0) is 14.3 Å². The van der Waals surface area contributed by atoms with E-state index < -0.39 is 6.04 Å². The lowest BCUT2D eigenvalue weighted by Crippen LogP contribution is -2.38. The van der Waals surface area contributed by atoms with E-state index in [4.69, 9.17) is 9.47 Å². The number of anilines is 1. The number of halogens is 1. The van der Waals surface area contributed by atoms with Crippen molar-refractivity contribution in [3.05, 3.63) is 28.7 Å². The van der Waals surface area contributed by atoms with Crippen LogP contribution >= 0.6 is 15.9 Å². The minimum Gasteiger partial charge on any atom is -0.467 e. The SMILES string of the molecule is COCC(C)C(Nc1ccccc1Br)C(=O)OC. The Kier molecular flexibility index (Phi) is 6.15. The van der Waals surface area contributed by atoms with Crippen molar-refractivity contribution in [2.24, 2.45) is 5.92 Å². The molecule has 5 heteroatoms. The first-order chi connectivity index (χ1) is 8.60. The third-order valence-corrected chi connectivity index (χ3v) is 3.33. The van der Waals surface area contributed by atoms with Crippen molar-refractivity contribution in [2.75, 3.05) is 26.1 Å². The van der Waals surface area contributed by atoms with Gasteiger partial charge in [0, 0.05) is 23.2 Å². The number of ether oxygens (including phenoxy) is 2. The Hall–Kier alpha value is -1.07. The minimum absolute atomic E-state index is 0.00885. The highest BCUT2D eigenvalue weighted by atomic mass is 79.9.